The van der Waals surface area contributed by atoms with E-state index < -0.39 is 0 Å². The summed E-state index contributed by atoms with van der Waals surface area (Å²) in [6, 6.07) is 7.27. The summed E-state index contributed by atoms with van der Waals surface area (Å²) in [4.78, 5) is 11.8. The smallest absolute Gasteiger partial charge is 0.319 e. The number of amides is 2. The van der Waals surface area contributed by atoms with Crippen LogP contribution in [0.25, 0.3) is 0 Å². The highest BCUT2D eigenvalue weighted by Crippen LogP contribution is 2.19. The standard InChI is InChI=1S/C18H26N2O2/c1-14(2)22-17-10-8-16(9-11-17)20-18(21)19-13-12-15-6-4-3-5-7-15/h6,8-11,14H,3-5,7,12-13H2,1-2H3,(H2,19,20,21). The molecule has 2 rings (SSSR count). The summed E-state index contributed by atoms with van der Waals surface area (Å²) in [6.45, 7) is 4.66. The van der Waals surface area contributed by atoms with Crippen LogP contribution in [0.4, 0.5) is 10.5 Å². The second-order valence-electron chi connectivity index (χ2n) is 5.93. The van der Waals surface area contributed by atoms with Crippen molar-refractivity contribution in [1.82, 2.24) is 5.32 Å². The molecule has 0 atom stereocenters. The van der Waals surface area contributed by atoms with Gasteiger partial charge in [-0.1, -0.05) is 11.6 Å². The fourth-order valence-electron chi connectivity index (χ4n) is 2.53. The van der Waals surface area contributed by atoms with Crippen LogP contribution in [0.5, 0.6) is 5.75 Å². The molecule has 2 amide bonds. The summed E-state index contributed by atoms with van der Waals surface area (Å²) in [5.74, 6) is 0.810. The molecule has 0 aliphatic heterocycles. The monoisotopic (exact) mass is 302 g/mol. The van der Waals surface area contributed by atoms with Crippen molar-refractivity contribution < 1.29 is 9.53 Å². The molecule has 0 fully saturated rings. The maximum atomic E-state index is 11.8. The minimum absolute atomic E-state index is 0.149. The minimum atomic E-state index is -0.158. The minimum Gasteiger partial charge on any atom is -0.491 e. The number of ether oxygens (including phenoxy) is 1. The summed E-state index contributed by atoms with van der Waals surface area (Å²) < 4.78 is 5.57. The van der Waals surface area contributed by atoms with Crippen LogP contribution in [-0.2, 0) is 0 Å². The van der Waals surface area contributed by atoms with E-state index in [0.717, 1.165) is 17.9 Å². The van der Waals surface area contributed by atoms with E-state index in [1.807, 2.05) is 38.1 Å². The Morgan fingerprint density at radius 3 is 2.64 bits per heavy atom. The van der Waals surface area contributed by atoms with Crippen LogP contribution in [0.2, 0.25) is 0 Å². The number of carbonyl (C=O) groups excluding carboxylic acids is 1. The third-order valence-electron chi connectivity index (χ3n) is 3.60. The predicted octanol–water partition coefficient (Wildman–Crippen LogP) is 4.49. The molecule has 1 aliphatic carbocycles. The molecular weight excluding hydrogens is 276 g/mol. The van der Waals surface area contributed by atoms with E-state index in [-0.39, 0.29) is 12.1 Å². The van der Waals surface area contributed by atoms with Gasteiger partial charge in [0.15, 0.2) is 0 Å². The molecule has 1 aromatic carbocycles. The number of benzene rings is 1. The van der Waals surface area contributed by atoms with Crippen LogP contribution in [0.15, 0.2) is 35.9 Å². The normalized spacial score (nSPS) is 14.4. The first-order chi connectivity index (χ1) is 10.6. The predicted molar refractivity (Wildman–Crippen MR) is 90.4 cm³/mol. The molecule has 0 saturated carbocycles. The van der Waals surface area contributed by atoms with Crippen molar-refractivity contribution in [2.75, 3.05) is 11.9 Å². The molecular formula is C18H26N2O2. The summed E-state index contributed by atoms with van der Waals surface area (Å²) in [6.07, 6.45) is 8.37. The number of carbonyl (C=O) groups is 1. The lowest BCUT2D eigenvalue weighted by Crippen LogP contribution is -2.29. The largest absolute Gasteiger partial charge is 0.491 e. The van der Waals surface area contributed by atoms with Gasteiger partial charge in [-0.25, -0.2) is 4.79 Å². The lowest BCUT2D eigenvalue weighted by Gasteiger charge is -2.13. The van der Waals surface area contributed by atoms with E-state index in [2.05, 4.69) is 16.7 Å². The van der Waals surface area contributed by atoms with Crippen LogP contribution >= 0.6 is 0 Å². The Kier molecular flexibility index (Phi) is 6.31. The summed E-state index contributed by atoms with van der Waals surface area (Å²) in [5, 5.41) is 5.74. The molecule has 120 valence electrons. The maximum absolute atomic E-state index is 11.8. The van der Waals surface area contributed by atoms with Crippen LogP contribution < -0.4 is 15.4 Å². The number of allylic oxidation sites excluding steroid dienone is 1. The van der Waals surface area contributed by atoms with Gasteiger partial charge in [-0.2, -0.15) is 0 Å². The maximum Gasteiger partial charge on any atom is 0.319 e. The molecule has 0 spiro atoms. The zero-order chi connectivity index (χ0) is 15.8. The molecule has 22 heavy (non-hydrogen) atoms. The molecule has 4 nitrogen and oxygen atoms in total. The van der Waals surface area contributed by atoms with Gasteiger partial charge < -0.3 is 15.4 Å². The number of nitrogens with one attached hydrogen (secondary N) is 2. The lowest BCUT2D eigenvalue weighted by atomic mass is 9.97. The van der Waals surface area contributed by atoms with Crippen LogP contribution in [0, 0.1) is 0 Å². The first-order valence-corrected chi connectivity index (χ1v) is 8.13. The molecule has 0 unspecified atom stereocenters. The Hall–Kier alpha value is -1.97. The molecule has 1 aromatic rings. The molecule has 0 heterocycles. The Labute approximate surface area is 132 Å². The highest BCUT2D eigenvalue weighted by atomic mass is 16.5. The van der Waals surface area contributed by atoms with E-state index in [4.69, 9.17) is 4.74 Å². The molecule has 0 saturated heterocycles. The fraction of sp³-hybridized carbons (Fsp3) is 0.500. The SMILES string of the molecule is CC(C)Oc1ccc(NC(=O)NCCC2=CCCCC2)cc1. The van der Waals surface area contributed by atoms with Gasteiger partial charge in [0.25, 0.3) is 0 Å². The molecule has 2 N–H and O–H groups in total. The van der Waals surface area contributed by atoms with Gasteiger partial charge >= 0.3 is 6.03 Å². The van der Waals surface area contributed by atoms with Crippen molar-refractivity contribution in [2.45, 2.75) is 52.1 Å². The van der Waals surface area contributed by atoms with E-state index in [9.17, 15) is 4.79 Å². The van der Waals surface area contributed by atoms with Gasteiger partial charge in [0.05, 0.1) is 6.10 Å². The van der Waals surface area contributed by atoms with Gasteiger partial charge in [0.1, 0.15) is 5.75 Å². The average molecular weight is 302 g/mol. The Balaban J connectivity index is 1.71. The summed E-state index contributed by atoms with van der Waals surface area (Å²) in [5.41, 5.74) is 2.24. The van der Waals surface area contributed by atoms with Crippen molar-refractivity contribution in [3.8, 4) is 5.75 Å². The van der Waals surface area contributed by atoms with Gasteiger partial charge in [-0.15, -0.1) is 0 Å². The molecule has 0 radical (unpaired) electrons. The number of rotatable bonds is 6. The Bertz CT molecular complexity index is 506. The summed E-state index contributed by atoms with van der Waals surface area (Å²) >= 11 is 0. The van der Waals surface area contributed by atoms with Crippen LogP contribution in [0.1, 0.15) is 46.0 Å². The highest BCUT2D eigenvalue weighted by molar-refractivity contribution is 5.89. The second-order valence-corrected chi connectivity index (χ2v) is 5.93. The first-order valence-electron chi connectivity index (χ1n) is 8.13. The van der Waals surface area contributed by atoms with Crippen molar-refractivity contribution in [2.24, 2.45) is 0 Å². The van der Waals surface area contributed by atoms with E-state index in [1.54, 1.807) is 0 Å². The molecule has 4 heteroatoms. The second kappa shape index (κ2) is 8.47. The summed E-state index contributed by atoms with van der Waals surface area (Å²) in [7, 11) is 0. The molecule has 0 bridgehead atoms. The van der Waals surface area contributed by atoms with Gasteiger partial charge in [-0.05, 0) is 70.2 Å². The van der Waals surface area contributed by atoms with Crippen molar-refractivity contribution in [3.63, 3.8) is 0 Å². The third kappa shape index (κ3) is 5.80. The number of urea groups is 1. The van der Waals surface area contributed by atoms with Crippen molar-refractivity contribution >= 4 is 11.7 Å². The highest BCUT2D eigenvalue weighted by Gasteiger charge is 2.05. The average Bonchev–Trinajstić information content (AvgIpc) is 2.50. The molecule has 1 aliphatic rings. The van der Waals surface area contributed by atoms with Gasteiger partial charge in [0, 0.05) is 12.2 Å². The van der Waals surface area contributed by atoms with E-state index in [0.29, 0.717) is 6.54 Å². The van der Waals surface area contributed by atoms with Crippen LogP contribution in [0.3, 0.4) is 0 Å². The number of anilines is 1. The zero-order valence-corrected chi connectivity index (χ0v) is 13.5. The van der Waals surface area contributed by atoms with Crippen LogP contribution in [-0.4, -0.2) is 18.7 Å². The molecule has 0 aromatic heterocycles. The van der Waals surface area contributed by atoms with Crippen molar-refractivity contribution in [1.29, 1.82) is 0 Å². The zero-order valence-electron chi connectivity index (χ0n) is 13.5. The van der Waals surface area contributed by atoms with Gasteiger partial charge in [-0.3, -0.25) is 0 Å². The first kappa shape index (κ1) is 16.4. The van der Waals surface area contributed by atoms with E-state index >= 15 is 0 Å². The lowest BCUT2D eigenvalue weighted by molar-refractivity contribution is 0.242. The fourth-order valence-corrected chi connectivity index (χ4v) is 2.53. The van der Waals surface area contributed by atoms with Gasteiger partial charge in [0.2, 0.25) is 0 Å². The number of hydrogen-bond acceptors (Lipinski definition) is 2. The number of hydrogen-bond donors (Lipinski definition) is 2. The van der Waals surface area contributed by atoms with Crippen molar-refractivity contribution in [3.05, 3.63) is 35.9 Å². The quantitative estimate of drug-likeness (QED) is 0.761. The van der Waals surface area contributed by atoms with E-state index in [1.165, 1.54) is 31.3 Å². The Morgan fingerprint density at radius 2 is 2.00 bits per heavy atom. The Morgan fingerprint density at radius 1 is 1.23 bits per heavy atom. The topological polar surface area (TPSA) is 50.4 Å². The third-order valence-corrected chi connectivity index (χ3v) is 3.60.